The molecule has 0 fully saturated rings. The molecule has 0 radical (unpaired) electrons. The number of thioether (sulfide) groups is 1. The van der Waals surface area contributed by atoms with Crippen molar-refractivity contribution in [2.24, 2.45) is 0 Å². The molecule has 2 rings (SSSR count). The van der Waals surface area contributed by atoms with Crippen LogP contribution in [0.1, 0.15) is 49.8 Å². The van der Waals surface area contributed by atoms with Crippen LogP contribution in [-0.2, 0) is 6.42 Å². The molecule has 0 aliphatic heterocycles. The Morgan fingerprint density at radius 3 is 3.00 bits per heavy atom. The molecular weight excluding hydrogens is 238 g/mol. The Kier molecular flexibility index (Phi) is 5.58. The molecular formula is C16H25NS. The van der Waals surface area contributed by atoms with Gasteiger partial charge in [0.05, 0.1) is 0 Å². The number of benzene rings is 1. The summed E-state index contributed by atoms with van der Waals surface area (Å²) in [4.78, 5) is 0. The zero-order valence-corrected chi connectivity index (χ0v) is 12.4. The minimum atomic E-state index is 0.581. The van der Waals surface area contributed by atoms with Crippen molar-refractivity contribution in [2.45, 2.75) is 50.3 Å². The SMILES string of the molecule is CSC(C)CCNC1CCCCc2ccccc21. The maximum Gasteiger partial charge on any atom is 0.0322 e. The molecule has 0 saturated heterocycles. The smallest absolute Gasteiger partial charge is 0.0322 e. The molecule has 0 bridgehead atoms. The Hall–Kier alpha value is -0.470. The summed E-state index contributed by atoms with van der Waals surface area (Å²) in [5.41, 5.74) is 3.11. The largest absolute Gasteiger partial charge is 0.310 e. The second-order valence-electron chi connectivity index (χ2n) is 5.29. The zero-order chi connectivity index (χ0) is 12.8. The number of hydrogen-bond acceptors (Lipinski definition) is 2. The van der Waals surface area contributed by atoms with Crippen molar-refractivity contribution in [2.75, 3.05) is 12.8 Å². The fraction of sp³-hybridized carbons (Fsp3) is 0.625. The molecule has 2 atom stereocenters. The molecule has 1 aromatic carbocycles. The second-order valence-corrected chi connectivity index (χ2v) is 6.56. The third-order valence-corrected chi connectivity index (χ3v) is 5.00. The highest BCUT2D eigenvalue weighted by Gasteiger charge is 2.17. The number of fused-ring (bicyclic) bond motifs is 1. The molecule has 0 aromatic heterocycles. The van der Waals surface area contributed by atoms with Gasteiger partial charge in [0.25, 0.3) is 0 Å². The molecule has 1 aliphatic rings. The summed E-state index contributed by atoms with van der Waals surface area (Å²) in [6, 6.07) is 9.56. The van der Waals surface area contributed by atoms with Crippen LogP contribution in [0.25, 0.3) is 0 Å². The van der Waals surface area contributed by atoms with Gasteiger partial charge in [0.15, 0.2) is 0 Å². The summed E-state index contributed by atoms with van der Waals surface area (Å²) in [6.07, 6.45) is 8.71. The molecule has 0 saturated carbocycles. The molecule has 100 valence electrons. The van der Waals surface area contributed by atoms with E-state index in [2.05, 4.69) is 42.8 Å². The molecule has 0 spiro atoms. The Morgan fingerprint density at radius 2 is 2.17 bits per heavy atom. The van der Waals surface area contributed by atoms with Crippen LogP contribution in [0.3, 0.4) is 0 Å². The van der Waals surface area contributed by atoms with Crippen LogP contribution in [0.5, 0.6) is 0 Å². The standard InChI is InChI=1S/C16H25NS/c1-13(18-2)11-12-17-16-10-6-4-8-14-7-3-5-9-15(14)16/h3,5,7,9,13,16-17H,4,6,8,10-12H2,1-2H3. The monoisotopic (exact) mass is 263 g/mol. The number of rotatable bonds is 5. The van der Waals surface area contributed by atoms with Gasteiger partial charge in [-0.1, -0.05) is 37.6 Å². The van der Waals surface area contributed by atoms with Gasteiger partial charge in [-0.2, -0.15) is 11.8 Å². The van der Waals surface area contributed by atoms with Crippen molar-refractivity contribution >= 4 is 11.8 Å². The van der Waals surface area contributed by atoms with Crippen LogP contribution < -0.4 is 5.32 Å². The first-order chi connectivity index (χ1) is 8.81. The molecule has 18 heavy (non-hydrogen) atoms. The van der Waals surface area contributed by atoms with Gasteiger partial charge in [-0.15, -0.1) is 0 Å². The van der Waals surface area contributed by atoms with E-state index in [0.29, 0.717) is 6.04 Å². The lowest BCUT2D eigenvalue weighted by atomic mass is 9.99. The number of aryl methyl sites for hydroxylation is 1. The van der Waals surface area contributed by atoms with E-state index in [1.807, 2.05) is 11.8 Å². The quantitative estimate of drug-likeness (QED) is 0.800. The first-order valence-corrected chi connectivity index (χ1v) is 8.44. The van der Waals surface area contributed by atoms with Gasteiger partial charge in [-0.3, -0.25) is 0 Å². The lowest BCUT2D eigenvalue weighted by Crippen LogP contribution is -2.24. The van der Waals surface area contributed by atoms with E-state index in [1.54, 1.807) is 11.1 Å². The average molecular weight is 263 g/mol. The first-order valence-electron chi connectivity index (χ1n) is 7.15. The predicted octanol–water partition coefficient (Wildman–Crippen LogP) is 4.19. The Bertz CT molecular complexity index is 364. The minimum Gasteiger partial charge on any atom is -0.310 e. The molecule has 0 amide bonds. The Balaban J connectivity index is 1.95. The van der Waals surface area contributed by atoms with Crippen molar-refractivity contribution in [1.29, 1.82) is 0 Å². The average Bonchev–Trinajstić information content (AvgIpc) is 2.61. The molecule has 1 N–H and O–H groups in total. The number of nitrogens with one attached hydrogen (secondary N) is 1. The van der Waals surface area contributed by atoms with Crippen LogP contribution >= 0.6 is 11.8 Å². The van der Waals surface area contributed by atoms with Gasteiger partial charge in [0.1, 0.15) is 0 Å². The van der Waals surface area contributed by atoms with E-state index in [4.69, 9.17) is 0 Å². The predicted molar refractivity (Wildman–Crippen MR) is 82.3 cm³/mol. The summed E-state index contributed by atoms with van der Waals surface area (Å²) >= 11 is 1.96. The fourth-order valence-corrected chi connectivity index (χ4v) is 3.07. The van der Waals surface area contributed by atoms with Crippen LogP contribution in [-0.4, -0.2) is 18.1 Å². The van der Waals surface area contributed by atoms with E-state index in [-0.39, 0.29) is 0 Å². The highest BCUT2D eigenvalue weighted by atomic mass is 32.2. The second kappa shape index (κ2) is 7.20. The van der Waals surface area contributed by atoms with Gasteiger partial charge in [-0.05, 0) is 49.6 Å². The summed E-state index contributed by atoms with van der Waals surface area (Å²) in [7, 11) is 0. The van der Waals surface area contributed by atoms with Crippen LogP contribution in [0.2, 0.25) is 0 Å². The minimum absolute atomic E-state index is 0.581. The third kappa shape index (κ3) is 3.76. The van der Waals surface area contributed by atoms with Crippen LogP contribution in [0.15, 0.2) is 24.3 Å². The van der Waals surface area contributed by atoms with Gasteiger partial charge >= 0.3 is 0 Å². The molecule has 1 aliphatic carbocycles. The molecule has 1 nitrogen and oxygen atoms in total. The topological polar surface area (TPSA) is 12.0 Å². The Morgan fingerprint density at radius 1 is 1.33 bits per heavy atom. The van der Waals surface area contributed by atoms with Gasteiger partial charge in [0, 0.05) is 11.3 Å². The fourth-order valence-electron chi connectivity index (χ4n) is 2.71. The Labute approximate surface area is 116 Å². The summed E-state index contributed by atoms with van der Waals surface area (Å²) in [5, 5.41) is 4.53. The van der Waals surface area contributed by atoms with Crippen LogP contribution in [0, 0.1) is 0 Å². The van der Waals surface area contributed by atoms with Gasteiger partial charge in [-0.25, -0.2) is 0 Å². The van der Waals surface area contributed by atoms with E-state index >= 15 is 0 Å². The maximum absolute atomic E-state index is 3.77. The van der Waals surface area contributed by atoms with Crippen molar-refractivity contribution in [3.8, 4) is 0 Å². The van der Waals surface area contributed by atoms with Crippen molar-refractivity contribution in [1.82, 2.24) is 5.32 Å². The summed E-state index contributed by atoms with van der Waals surface area (Å²) in [5.74, 6) is 0. The van der Waals surface area contributed by atoms with E-state index < -0.39 is 0 Å². The van der Waals surface area contributed by atoms with Crippen molar-refractivity contribution in [3.63, 3.8) is 0 Å². The van der Waals surface area contributed by atoms with E-state index in [0.717, 1.165) is 11.8 Å². The zero-order valence-electron chi connectivity index (χ0n) is 11.6. The lowest BCUT2D eigenvalue weighted by Gasteiger charge is -2.20. The first kappa shape index (κ1) is 14.0. The van der Waals surface area contributed by atoms with Gasteiger partial charge < -0.3 is 5.32 Å². The highest BCUT2D eigenvalue weighted by molar-refractivity contribution is 7.99. The van der Waals surface area contributed by atoms with Gasteiger partial charge in [0.2, 0.25) is 0 Å². The van der Waals surface area contributed by atoms with Crippen molar-refractivity contribution in [3.05, 3.63) is 35.4 Å². The number of hydrogen-bond donors (Lipinski definition) is 1. The normalized spacial score (nSPS) is 21.1. The molecule has 2 unspecified atom stereocenters. The molecule has 1 aromatic rings. The van der Waals surface area contributed by atoms with E-state index in [9.17, 15) is 0 Å². The maximum atomic E-state index is 3.77. The molecule has 2 heteroatoms. The summed E-state index contributed by atoms with van der Waals surface area (Å²) < 4.78 is 0. The highest BCUT2D eigenvalue weighted by Crippen LogP contribution is 2.28. The summed E-state index contributed by atoms with van der Waals surface area (Å²) in [6.45, 7) is 3.45. The lowest BCUT2D eigenvalue weighted by molar-refractivity contribution is 0.484. The third-order valence-electron chi connectivity index (χ3n) is 3.96. The molecule has 0 heterocycles. The van der Waals surface area contributed by atoms with Crippen molar-refractivity contribution < 1.29 is 0 Å². The van der Waals surface area contributed by atoms with E-state index in [1.165, 1.54) is 32.1 Å². The van der Waals surface area contributed by atoms with Crippen LogP contribution in [0.4, 0.5) is 0 Å².